The molecule has 4 rings (SSSR count). The van der Waals surface area contributed by atoms with E-state index >= 15 is 0 Å². The van der Waals surface area contributed by atoms with Gasteiger partial charge in [0.2, 0.25) is 5.95 Å². The summed E-state index contributed by atoms with van der Waals surface area (Å²) in [5.74, 6) is -1.17. The Hall–Kier alpha value is -4.29. The number of halogens is 9. The Bertz CT molecular complexity index is 1830. The highest BCUT2D eigenvalue weighted by atomic mass is 32.2. The lowest BCUT2D eigenvalue weighted by molar-refractivity contribution is -0.143. The van der Waals surface area contributed by atoms with E-state index in [1.165, 1.54) is 11.0 Å². The predicted octanol–water partition coefficient (Wildman–Crippen LogP) is 8.31. The Morgan fingerprint density at radius 3 is 1.91 bits per heavy atom. The number of aliphatic carboxylic acids is 1. The maximum Gasteiger partial charge on any atom is 0.416 e. The SMILES string of the molecule is CCN(C[C@H]1CC[C@H](CC(=O)O)CC1)c1ccc(C(F)(F)F)cc1CN(CCc1cc(C(F)(F)F)cc(C(F)(F)F)c1)c1ncc(OCCS(C)(=O)=O)cn1. The Balaban J connectivity index is 1.71. The maximum absolute atomic E-state index is 14.1. The van der Waals surface area contributed by atoms with E-state index in [1.54, 1.807) is 0 Å². The number of carboxylic acid groups (broad SMARTS) is 1. The summed E-state index contributed by atoms with van der Waals surface area (Å²) in [6.45, 7) is 1.70. The van der Waals surface area contributed by atoms with Crippen molar-refractivity contribution in [2.24, 2.45) is 11.8 Å². The van der Waals surface area contributed by atoms with Crippen LogP contribution in [0.1, 0.15) is 66.8 Å². The molecule has 0 atom stereocenters. The average Bonchev–Trinajstić information content (AvgIpc) is 3.08. The molecule has 0 radical (unpaired) electrons. The minimum absolute atomic E-state index is 0.000244. The third kappa shape index (κ3) is 13.2. The molecule has 1 N–H and O–H groups in total. The summed E-state index contributed by atoms with van der Waals surface area (Å²) < 4.78 is 152. The molecule has 19 heteroatoms. The van der Waals surface area contributed by atoms with Crippen LogP contribution in [0.5, 0.6) is 5.75 Å². The minimum Gasteiger partial charge on any atom is -0.489 e. The molecule has 0 aliphatic heterocycles. The molecule has 1 heterocycles. The van der Waals surface area contributed by atoms with Gasteiger partial charge in [-0.25, -0.2) is 18.4 Å². The van der Waals surface area contributed by atoms with Crippen LogP contribution in [0.25, 0.3) is 0 Å². The number of rotatable bonds is 16. The lowest BCUT2D eigenvalue weighted by atomic mass is 9.80. The van der Waals surface area contributed by atoms with E-state index in [4.69, 9.17) is 4.74 Å². The van der Waals surface area contributed by atoms with E-state index < -0.39 is 57.4 Å². The number of carboxylic acids is 1. The fraction of sp³-hybridized carbons (Fsp3) is 0.528. The molecule has 0 unspecified atom stereocenters. The first-order chi connectivity index (χ1) is 25.5. The number of carbonyl (C=O) groups is 1. The van der Waals surface area contributed by atoms with Crippen LogP contribution in [0.4, 0.5) is 51.1 Å². The summed E-state index contributed by atoms with van der Waals surface area (Å²) in [7, 11) is -3.37. The molecular weight excluding hydrogens is 771 g/mol. The van der Waals surface area contributed by atoms with Gasteiger partial charge < -0.3 is 19.6 Å². The second kappa shape index (κ2) is 17.7. The monoisotopic (exact) mass is 812 g/mol. The average molecular weight is 813 g/mol. The molecule has 1 aliphatic rings. The van der Waals surface area contributed by atoms with Gasteiger partial charge in [-0.3, -0.25) is 4.79 Å². The third-order valence-electron chi connectivity index (χ3n) is 9.34. The Morgan fingerprint density at radius 2 is 1.40 bits per heavy atom. The second-order valence-electron chi connectivity index (χ2n) is 13.6. The summed E-state index contributed by atoms with van der Waals surface area (Å²) in [6, 6.07) is 4.33. The van der Waals surface area contributed by atoms with Gasteiger partial charge in [-0.2, -0.15) is 39.5 Å². The highest BCUT2D eigenvalue weighted by Gasteiger charge is 2.37. The van der Waals surface area contributed by atoms with Gasteiger partial charge in [0.15, 0.2) is 15.6 Å². The van der Waals surface area contributed by atoms with Crippen molar-refractivity contribution in [1.29, 1.82) is 0 Å². The minimum atomic E-state index is -5.10. The number of anilines is 2. The molecule has 0 bridgehead atoms. The summed E-state index contributed by atoms with van der Waals surface area (Å²) in [5, 5.41) is 9.18. The molecule has 3 aromatic rings. The van der Waals surface area contributed by atoms with E-state index in [1.807, 2.05) is 11.8 Å². The number of alkyl halides is 9. The van der Waals surface area contributed by atoms with E-state index in [0.29, 0.717) is 56.6 Å². The number of nitrogens with zero attached hydrogens (tertiary/aromatic N) is 4. The molecule has 0 amide bonds. The summed E-state index contributed by atoms with van der Waals surface area (Å²) in [5.41, 5.74) is -3.83. The standard InChI is InChI=1S/C36H41F9N4O5S/c1-3-48(21-24-6-4-23(5-7-24)16-32(50)51)31-9-8-27(34(37,38)39)17-26(31)22-49(33-46-19-30(20-47-33)54-12-13-55(2,52)53)11-10-25-14-28(35(40,41)42)18-29(15-25)36(43,44)45/h8-9,14-15,17-20,23-24H,3-7,10-13,16,21-22H2,1-2H3,(H,50,51)/t23-,24-. The topological polar surface area (TPSA) is 113 Å². The van der Waals surface area contributed by atoms with Crippen LogP contribution in [-0.2, 0) is 46.1 Å². The molecule has 55 heavy (non-hydrogen) atoms. The molecule has 0 spiro atoms. The van der Waals surface area contributed by atoms with Crippen molar-refractivity contribution in [3.63, 3.8) is 0 Å². The van der Waals surface area contributed by atoms with Crippen molar-refractivity contribution < 1.29 is 62.6 Å². The zero-order chi connectivity index (χ0) is 40.8. The van der Waals surface area contributed by atoms with Crippen molar-refractivity contribution >= 4 is 27.4 Å². The van der Waals surface area contributed by atoms with Gasteiger partial charge >= 0.3 is 24.5 Å². The highest BCUT2D eigenvalue weighted by molar-refractivity contribution is 7.90. The normalized spacial score (nSPS) is 16.9. The van der Waals surface area contributed by atoms with Gasteiger partial charge in [-0.15, -0.1) is 0 Å². The third-order valence-corrected chi connectivity index (χ3v) is 10.2. The van der Waals surface area contributed by atoms with Crippen LogP contribution < -0.4 is 14.5 Å². The van der Waals surface area contributed by atoms with Crippen LogP contribution in [0.3, 0.4) is 0 Å². The molecule has 1 aromatic heterocycles. The molecule has 1 aliphatic carbocycles. The molecule has 9 nitrogen and oxygen atoms in total. The number of benzene rings is 2. The van der Waals surface area contributed by atoms with E-state index in [2.05, 4.69) is 9.97 Å². The van der Waals surface area contributed by atoms with E-state index in [9.17, 15) is 57.8 Å². The highest BCUT2D eigenvalue weighted by Crippen LogP contribution is 2.38. The Morgan fingerprint density at radius 1 is 0.836 bits per heavy atom. The summed E-state index contributed by atoms with van der Waals surface area (Å²) >= 11 is 0. The van der Waals surface area contributed by atoms with E-state index in [0.717, 1.165) is 30.8 Å². The molecule has 2 aromatic carbocycles. The quantitative estimate of drug-likeness (QED) is 0.143. The van der Waals surface area contributed by atoms with Crippen molar-refractivity contribution in [2.45, 2.75) is 70.5 Å². The lowest BCUT2D eigenvalue weighted by Crippen LogP contribution is -2.34. The zero-order valence-corrected chi connectivity index (χ0v) is 30.8. The smallest absolute Gasteiger partial charge is 0.416 e. The van der Waals surface area contributed by atoms with Gasteiger partial charge in [0.05, 0.1) is 34.8 Å². The maximum atomic E-state index is 14.1. The predicted molar refractivity (Wildman–Crippen MR) is 185 cm³/mol. The number of hydrogen-bond acceptors (Lipinski definition) is 8. The molecule has 1 fully saturated rings. The molecule has 0 saturated heterocycles. The van der Waals surface area contributed by atoms with E-state index in [-0.39, 0.29) is 72.6 Å². The van der Waals surface area contributed by atoms with Gasteiger partial charge in [0.1, 0.15) is 6.61 Å². The Kier molecular flexibility index (Phi) is 14.0. The first-order valence-electron chi connectivity index (χ1n) is 17.3. The van der Waals surface area contributed by atoms with Crippen molar-refractivity contribution in [3.8, 4) is 5.75 Å². The fourth-order valence-electron chi connectivity index (χ4n) is 6.51. The summed E-state index contributed by atoms with van der Waals surface area (Å²) in [4.78, 5) is 22.8. The van der Waals surface area contributed by atoms with Crippen LogP contribution in [-0.4, -0.2) is 67.7 Å². The van der Waals surface area contributed by atoms with Crippen molar-refractivity contribution in [3.05, 3.63) is 76.6 Å². The van der Waals surface area contributed by atoms with Gasteiger partial charge in [0, 0.05) is 44.5 Å². The van der Waals surface area contributed by atoms with Crippen molar-refractivity contribution in [1.82, 2.24) is 9.97 Å². The van der Waals surface area contributed by atoms with Crippen LogP contribution >= 0.6 is 0 Å². The number of hydrogen-bond donors (Lipinski definition) is 1. The number of aromatic nitrogens is 2. The first-order valence-corrected chi connectivity index (χ1v) is 19.4. The van der Waals surface area contributed by atoms with Gasteiger partial charge in [-0.05, 0) is 98.4 Å². The number of sulfone groups is 1. The Labute approximate surface area is 312 Å². The fourth-order valence-corrected chi connectivity index (χ4v) is 6.90. The second-order valence-corrected chi connectivity index (χ2v) is 15.9. The molecular formula is C36H41F9N4O5S. The van der Waals surface area contributed by atoms with Gasteiger partial charge in [-0.1, -0.05) is 0 Å². The lowest BCUT2D eigenvalue weighted by Gasteiger charge is -2.35. The van der Waals surface area contributed by atoms with Crippen molar-refractivity contribution in [2.75, 3.05) is 48.0 Å². The molecule has 304 valence electrons. The van der Waals surface area contributed by atoms with Crippen LogP contribution in [0.15, 0.2) is 48.8 Å². The molecule has 1 saturated carbocycles. The largest absolute Gasteiger partial charge is 0.489 e. The zero-order valence-electron chi connectivity index (χ0n) is 29.9. The van der Waals surface area contributed by atoms with Crippen LogP contribution in [0, 0.1) is 11.8 Å². The first kappa shape index (κ1) is 43.4. The number of ether oxygens (including phenoxy) is 1. The summed E-state index contributed by atoms with van der Waals surface area (Å²) in [6.07, 6.45) is -9.22. The van der Waals surface area contributed by atoms with Crippen LogP contribution in [0.2, 0.25) is 0 Å². The van der Waals surface area contributed by atoms with Gasteiger partial charge in [0.25, 0.3) is 0 Å².